The molecule has 0 radical (unpaired) electrons. The summed E-state index contributed by atoms with van der Waals surface area (Å²) in [5.74, 6) is 2.25. The molecule has 0 aliphatic carbocycles. The van der Waals surface area contributed by atoms with Gasteiger partial charge in [0, 0.05) is 18.7 Å². The minimum atomic E-state index is -0.250. The minimum absolute atomic E-state index is 0. The zero-order valence-electron chi connectivity index (χ0n) is 17.6. The van der Waals surface area contributed by atoms with E-state index in [1.54, 1.807) is 6.92 Å². The van der Waals surface area contributed by atoms with Gasteiger partial charge in [0.1, 0.15) is 2.74 Å². The van der Waals surface area contributed by atoms with Gasteiger partial charge < -0.3 is 0 Å². The largest absolute Gasteiger partial charge is 0.124 e. The zero-order valence-corrected chi connectivity index (χ0v) is 5.65. The lowest BCUT2D eigenvalue weighted by Gasteiger charge is -1.23. The number of rotatable bonds is 0. The van der Waals surface area contributed by atoms with Gasteiger partial charge in [0.25, 0.3) is 0 Å². The molecule has 0 heteroatoms. The van der Waals surface area contributed by atoms with Crippen molar-refractivity contribution in [3.63, 3.8) is 0 Å². The first-order valence-corrected chi connectivity index (χ1v) is 1.37. The van der Waals surface area contributed by atoms with E-state index in [0.717, 1.165) is 0 Å². The van der Waals surface area contributed by atoms with E-state index in [9.17, 15) is 0 Å². The molecule has 0 rings (SSSR count). The van der Waals surface area contributed by atoms with Gasteiger partial charge in [-0.15, -0.1) is 38.0 Å². The van der Waals surface area contributed by atoms with Gasteiger partial charge in [-0.3, -0.25) is 0 Å². The first-order valence-electron chi connectivity index (χ1n) is 8.19. The van der Waals surface area contributed by atoms with E-state index in [1.807, 2.05) is 0 Å². The fourth-order valence-corrected chi connectivity index (χ4v) is 0. The minimum Gasteiger partial charge on any atom is -0.124 e. The maximum atomic E-state index is 5.88. The monoisotopic (exact) mass is 230 g/mol. The van der Waals surface area contributed by atoms with Crippen LogP contribution in [0.2, 0.25) is 0 Å². The van der Waals surface area contributed by atoms with Crippen LogP contribution in [-0.2, 0) is 0 Å². The molecular weight excluding hydrogens is 156 g/mol. The summed E-state index contributed by atoms with van der Waals surface area (Å²) in [6.45, 7) is 1.65. The molecule has 0 atom stereocenters. The molecule has 0 heterocycles. The smallest absolute Gasteiger partial charge is 0.124 e. The second-order valence-electron chi connectivity index (χ2n) is 0.289. The molecule has 0 aliphatic heterocycles. The van der Waals surface area contributed by atoms with Gasteiger partial charge in [0.15, 0.2) is 0 Å². The van der Waals surface area contributed by atoms with E-state index in [1.165, 1.54) is 12.8 Å². The Balaban J connectivity index is -0.00000000515. The molecule has 0 nitrogen and oxygen atoms in total. The molecule has 0 unspecified atom stereocenters. The van der Waals surface area contributed by atoms with Crippen molar-refractivity contribution in [2.24, 2.45) is 0 Å². The van der Waals surface area contributed by atoms with Gasteiger partial charge in [0.2, 0.25) is 0 Å². The van der Waals surface area contributed by atoms with E-state index in [2.05, 4.69) is 25.2 Å². The Morgan fingerprint density at radius 3 is 1.15 bits per heavy atom. The van der Waals surface area contributed by atoms with Gasteiger partial charge in [-0.2, -0.15) is 0 Å². The normalized spacial score (nSPS) is 6.92. The van der Waals surface area contributed by atoms with Gasteiger partial charge in [-0.05, 0) is 6.92 Å². The molecule has 0 aliphatic rings. The fraction of sp³-hybridized carbons (Fsp3) is 0.538. The van der Waals surface area contributed by atoms with E-state index in [0.29, 0.717) is 0 Å². The second-order valence-corrected chi connectivity index (χ2v) is 0.289. The van der Waals surface area contributed by atoms with Gasteiger partial charge in [0.05, 0.1) is 0 Å². The summed E-state index contributed by atoms with van der Waals surface area (Å²) < 4.78 is 65.0. The third kappa shape index (κ3) is 462. The van der Waals surface area contributed by atoms with E-state index >= 15 is 0 Å². The van der Waals surface area contributed by atoms with Gasteiger partial charge >= 0.3 is 0 Å². The molecule has 96 valence electrons. The average molecular weight is 231 g/mol. The Bertz CT molecular complexity index is 142. The van der Waals surface area contributed by atoms with Crippen molar-refractivity contribution in [2.45, 2.75) is 51.4 Å². The average Bonchev–Trinajstić information content (AvgIpc) is 2.49. The van der Waals surface area contributed by atoms with E-state index in [4.69, 9.17) is 17.1 Å². The van der Waals surface area contributed by atoms with Crippen LogP contribution >= 0.6 is 0 Å². The zero-order chi connectivity index (χ0) is 19.5. The number of hydrogen-bond donors (Lipinski definition) is 0. The van der Waals surface area contributed by atoms with Crippen LogP contribution in [0.3, 0.4) is 0 Å². The Morgan fingerprint density at radius 1 is 1.15 bits per heavy atom. The first kappa shape index (κ1) is 9.77. The highest BCUT2D eigenvalue weighted by atomic mass is 13.2. The van der Waals surface area contributed by atoms with Crippen molar-refractivity contribution in [1.29, 1.82) is 0 Å². The van der Waals surface area contributed by atoms with Gasteiger partial charge in [-0.25, -0.2) is 0 Å². The van der Waals surface area contributed by atoms with Crippen LogP contribution in [-0.4, -0.2) is 0 Å². The van der Waals surface area contributed by atoms with Crippen LogP contribution in [0, 0.1) is 38.0 Å². The maximum Gasteiger partial charge on any atom is 0.124 e. The highest BCUT2D eigenvalue weighted by molar-refractivity contribution is 4.73. The van der Waals surface area contributed by atoms with Crippen LogP contribution < -0.4 is 0 Å². The summed E-state index contributed by atoms with van der Waals surface area (Å²) in [6, 6.07) is 0. The lowest BCUT2D eigenvalue weighted by atomic mass is 10.9. The number of hydrogen-bond acceptors (Lipinski definition) is 0. The number of terminal acetylenes is 3. The maximum absolute atomic E-state index is 5.88. The van der Waals surface area contributed by atoms with Crippen molar-refractivity contribution < 1.29 is 21.4 Å². The molecule has 0 aromatic carbocycles. The summed E-state index contributed by atoms with van der Waals surface area (Å²) in [7, 11) is -0.500. The Labute approximate surface area is 112 Å². The topological polar surface area (TPSA) is 0 Å². The molecule has 0 saturated carbocycles. The molecule has 0 saturated heterocycles. The lowest BCUT2D eigenvalue weighted by molar-refractivity contribution is 1.94. The predicted molar refractivity (Wildman–Crippen MR) is 87.4 cm³/mol. The SMILES string of the molecule is C.C.C.C.C#CC.[3HH].[3HH].[3HH].[3H]C#C.[3H]C#C.[3H]C[3H].[3H]C[3H].[3H][3H].[3H][3H].[3H][3H]. The molecule has 0 aromatic heterocycles. The standard InChI is InChI=1S/C3H4.2C2H2.6CH4.6H2/c1-3-2;2*1-2;;;;;;;;;;;;/h1H,2H3;2*1-2H;6*1H4;6*1H/i;2*1T;2*1T2;;;;;3*1+2T;3*1+2. The quantitative estimate of drug-likeness (QED) is 0.421. The van der Waals surface area contributed by atoms with Crippen LogP contribution in [0.15, 0.2) is 0 Å². The highest BCUT2D eigenvalue weighted by Crippen LogP contribution is 1.21. The van der Waals surface area contributed by atoms with E-state index in [-0.39, 0.29) is 48.7 Å². The molecule has 13 heavy (non-hydrogen) atoms. The first-order chi connectivity index (χ1) is 10.1. The predicted octanol–water partition coefficient (Wildman–Crippen LogP) is 6.43. The Morgan fingerprint density at radius 2 is 1.15 bits per heavy atom. The van der Waals surface area contributed by atoms with E-state index < -0.39 is 0 Å². The van der Waals surface area contributed by atoms with Crippen molar-refractivity contribution in [3.8, 4) is 38.0 Å². The van der Waals surface area contributed by atoms with Crippen molar-refractivity contribution in [3.05, 3.63) is 0 Å². The Kier molecular flexibility index (Phi) is 7340. The van der Waals surface area contributed by atoms with Crippen LogP contribution in [0.25, 0.3) is 0 Å². The Hall–Kier alpha value is -1.32. The molecular formula is C13H44. The fourth-order valence-electron chi connectivity index (χ4n) is 0. The lowest BCUT2D eigenvalue weighted by Crippen LogP contribution is -1.10. The molecule has 0 spiro atoms. The highest BCUT2D eigenvalue weighted by Gasteiger charge is 1.09. The molecule has 0 aromatic rings. The second kappa shape index (κ2) is 9770. The summed E-state index contributed by atoms with van der Waals surface area (Å²) in [5.41, 5.74) is 0. The van der Waals surface area contributed by atoms with Crippen LogP contribution in [0.1, 0.15) is 72.8 Å². The molecule has 0 bridgehead atoms. The molecule has 0 N–H and O–H groups in total. The van der Waals surface area contributed by atoms with Crippen molar-refractivity contribution >= 4 is 0 Å². The van der Waals surface area contributed by atoms with Crippen molar-refractivity contribution in [2.75, 3.05) is 0 Å². The van der Waals surface area contributed by atoms with Crippen molar-refractivity contribution in [1.82, 2.24) is 0 Å². The molecule has 0 fully saturated rings. The summed E-state index contributed by atoms with van der Waals surface area (Å²) >= 11 is 0. The summed E-state index contributed by atoms with van der Waals surface area (Å²) in [5, 5.41) is 0. The summed E-state index contributed by atoms with van der Waals surface area (Å²) in [6.07, 6.45) is 16.1. The molecule has 0 amide bonds. The third-order valence-electron chi connectivity index (χ3n) is 0. The third-order valence-corrected chi connectivity index (χ3v) is 0. The van der Waals surface area contributed by atoms with Crippen LogP contribution in [0.5, 0.6) is 0 Å². The van der Waals surface area contributed by atoms with Gasteiger partial charge in [-0.1, -0.05) is 44.5 Å². The summed E-state index contributed by atoms with van der Waals surface area (Å²) in [4.78, 5) is 0. The van der Waals surface area contributed by atoms with Crippen LogP contribution in [0.4, 0.5) is 0 Å².